The second-order valence-electron chi connectivity index (χ2n) is 8.78. The Labute approximate surface area is 190 Å². The third kappa shape index (κ3) is 6.36. The molecule has 1 aromatic heterocycles. The van der Waals surface area contributed by atoms with Gasteiger partial charge >= 0.3 is 0 Å². The average molecular weight is 439 g/mol. The lowest BCUT2D eigenvalue weighted by molar-refractivity contribution is -0.116. The van der Waals surface area contributed by atoms with Gasteiger partial charge in [0.1, 0.15) is 5.52 Å². The van der Waals surface area contributed by atoms with Gasteiger partial charge in [0.05, 0.1) is 0 Å². The molecule has 0 spiro atoms. The number of thioether (sulfide) groups is 1. The number of aromatic nitrogens is 1. The van der Waals surface area contributed by atoms with Crippen molar-refractivity contribution < 1.29 is 9.21 Å². The lowest BCUT2D eigenvalue weighted by Gasteiger charge is -2.20. The molecule has 0 bridgehead atoms. The lowest BCUT2D eigenvalue weighted by atomic mass is 9.92. The van der Waals surface area contributed by atoms with Crippen molar-refractivity contribution in [2.75, 3.05) is 11.1 Å². The lowest BCUT2D eigenvalue weighted by Crippen LogP contribution is -2.15. The first-order valence-electron chi connectivity index (χ1n) is 11.3. The topological polar surface area (TPSA) is 55.1 Å². The molecule has 0 unspecified atom stereocenters. The van der Waals surface area contributed by atoms with E-state index in [4.69, 9.17) is 4.42 Å². The van der Waals surface area contributed by atoms with Crippen LogP contribution in [0.25, 0.3) is 11.1 Å². The second-order valence-corrected chi connectivity index (χ2v) is 9.83. The molecule has 0 aliphatic carbocycles. The number of benzene rings is 2. The number of rotatable bonds is 10. The van der Waals surface area contributed by atoms with Gasteiger partial charge in [0, 0.05) is 17.9 Å². The number of aryl methyl sites for hydroxylation is 1. The van der Waals surface area contributed by atoms with E-state index in [9.17, 15) is 4.79 Å². The first-order valence-corrected chi connectivity index (χ1v) is 12.3. The summed E-state index contributed by atoms with van der Waals surface area (Å²) < 4.78 is 5.78. The molecule has 0 radical (unpaired) electrons. The van der Waals surface area contributed by atoms with Crippen LogP contribution in [0.4, 0.5) is 5.69 Å². The molecule has 2 aromatic carbocycles. The maximum absolute atomic E-state index is 12.6. The fourth-order valence-corrected chi connectivity index (χ4v) is 4.53. The molecule has 166 valence electrons. The summed E-state index contributed by atoms with van der Waals surface area (Å²) >= 11 is 1.65. The summed E-state index contributed by atoms with van der Waals surface area (Å²) in [7, 11) is 0. The van der Waals surface area contributed by atoms with Gasteiger partial charge in [-0.15, -0.1) is 0 Å². The zero-order valence-electron chi connectivity index (χ0n) is 19.3. The number of carbonyl (C=O) groups excluding carboxylic acids is 1. The van der Waals surface area contributed by atoms with Crippen molar-refractivity contribution in [1.29, 1.82) is 0 Å². The van der Waals surface area contributed by atoms with Gasteiger partial charge in [0.2, 0.25) is 5.91 Å². The van der Waals surface area contributed by atoms with Gasteiger partial charge in [0.25, 0.3) is 5.22 Å². The minimum Gasteiger partial charge on any atom is -0.431 e. The Bertz CT molecular complexity index is 997. The van der Waals surface area contributed by atoms with Gasteiger partial charge in [-0.25, -0.2) is 4.98 Å². The van der Waals surface area contributed by atoms with Crippen molar-refractivity contribution in [1.82, 2.24) is 4.98 Å². The maximum Gasteiger partial charge on any atom is 0.256 e. The number of anilines is 1. The number of nitrogens with zero attached hydrogens (tertiary/aromatic N) is 1. The van der Waals surface area contributed by atoms with Crippen LogP contribution in [0.2, 0.25) is 0 Å². The van der Waals surface area contributed by atoms with Gasteiger partial charge in [0.15, 0.2) is 5.58 Å². The molecule has 31 heavy (non-hydrogen) atoms. The van der Waals surface area contributed by atoms with E-state index in [-0.39, 0.29) is 5.91 Å². The van der Waals surface area contributed by atoms with Crippen molar-refractivity contribution >= 4 is 34.5 Å². The van der Waals surface area contributed by atoms with E-state index in [1.54, 1.807) is 11.8 Å². The number of unbranched alkanes of at least 4 members (excludes halogenated alkanes) is 2. The summed E-state index contributed by atoms with van der Waals surface area (Å²) in [5, 5.41) is 3.94. The zero-order chi connectivity index (χ0) is 22.4. The summed E-state index contributed by atoms with van der Waals surface area (Å²) in [4.78, 5) is 17.1. The molecule has 0 saturated heterocycles. The second kappa shape index (κ2) is 10.9. The van der Waals surface area contributed by atoms with E-state index in [1.807, 2.05) is 18.2 Å². The van der Waals surface area contributed by atoms with Gasteiger partial charge in [-0.05, 0) is 60.4 Å². The van der Waals surface area contributed by atoms with Crippen LogP contribution in [0.1, 0.15) is 81.9 Å². The van der Waals surface area contributed by atoms with Crippen LogP contribution in [0.3, 0.4) is 0 Å². The standard InChI is InChI=1S/C26H34N2O2S/c1-17(2)20-10-9-11-21(18(3)4)25(20)28-24(29)12-7-6-8-15-31-26-27-22-16-19(5)13-14-23(22)30-26/h9-11,13-14,16-18H,6-8,12,15H2,1-5H3,(H,28,29). The number of amides is 1. The van der Waals surface area contributed by atoms with Crippen molar-refractivity contribution in [2.45, 2.75) is 77.4 Å². The Balaban J connectivity index is 1.43. The largest absolute Gasteiger partial charge is 0.431 e. The Kier molecular flexibility index (Phi) is 8.19. The molecule has 3 rings (SSSR count). The van der Waals surface area contributed by atoms with Crippen LogP contribution in [0, 0.1) is 6.92 Å². The number of nitrogens with one attached hydrogen (secondary N) is 1. The summed E-state index contributed by atoms with van der Waals surface area (Å²) in [6, 6.07) is 12.4. The minimum atomic E-state index is 0.108. The normalized spacial score (nSPS) is 11.6. The van der Waals surface area contributed by atoms with Gasteiger partial charge in [-0.1, -0.05) is 70.1 Å². The Hall–Kier alpha value is -2.27. The molecular formula is C26H34N2O2S. The fourth-order valence-electron chi connectivity index (χ4n) is 3.70. The highest BCUT2D eigenvalue weighted by Gasteiger charge is 2.15. The molecule has 0 aliphatic heterocycles. The third-order valence-corrected chi connectivity index (χ3v) is 6.35. The molecule has 1 heterocycles. The summed E-state index contributed by atoms with van der Waals surface area (Å²) in [6.45, 7) is 10.7. The molecule has 0 aliphatic rings. The minimum absolute atomic E-state index is 0.108. The van der Waals surface area contributed by atoms with E-state index >= 15 is 0 Å². The maximum atomic E-state index is 12.6. The van der Waals surface area contributed by atoms with E-state index in [0.29, 0.717) is 18.3 Å². The van der Waals surface area contributed by atoms with E-state index in [2.05, 4.69) is 63.1 Å². The quantitative estimate of drug-likeness (QED) is 0.260. The molecule has 0 fully saturated rings. The number of hydrogen-bond acceptors (Lipinski definition) is 4. The van der Waals surface area contributed by atoms with Crippen LogP contribution in [0.5, 0.6) is 0 Å². The number of oxazole rings is 1. The van der Waals surface area contributed by atoms with E-state index in [1.165, 1.54) is 16.7 Å². The molecule has 0 saturated carbocycles. The number of para-hydroxylation sites is 1. The van der Waals surface area contributed by atoms with Crippen LogP contribution >= 0.6 is 11.8 Å². The number of hydrogen-bond donors (Lipinski definition) is 1. The predicted octanol–water partition coefficient (Wildman–Crippen LogP) is 7.67. The van der Waals surface area contributed by atoms with Crippen molar-refractivity contribution in [2.24, 2.45) is 0 Å². The van der Waals surface area contributed by atoms with Crippen molar-refractivity contribution in [3.8, 4) is 0 Å². The molecular weight excluding hydrogens is 404 g/mol. The highest BCUT2D eigenvalue weighted by Crippen LogP contribution is 2.32. The van der Waals surface area contributed by atoms with Gasteiger partial charge in [-0.2, -0.15) is 0 Å². The smallest absolute Gasteiger partial charge is 0.256 e. The summed E-state index contributed by atoms with van der Waals surface area (Å²) in [5.41, 5.74) is 6.38. The van der Waals surface area contributed by atoms with Crippen molar-refractivity contribution in [3.63, 3.8) is 0 Å². The van der Waals surface area contributed by atoms with Crippen LogP contribution in [-0.2, 0) is 4.79 Å². The highest BCUT2D eigenvalue weighted by atomic mass is 32.2. The van der Waals surface area contributed by atoms with Crippen molar-refractivity contribution in [3.05, 3.63) is 53.1 Å². The first-order chi connectivity index (χ1) is 14.8. The van der Waals surface area contributed by atoms with Gasteiger partial charge < -0.3 is 9.73 Å². The molecule has 1 N–H and O–H groups in total. The number of carbonyl (C=O) groups is 1. The van der Waals surface area contributed by atoms with Crippen LogP contribution in [-0.4, -0.2) is 16.6 Å². The molecule has 3 aromatic rings. The molecule has 5 heteroatoms. The molecule has 0 atom stereocenters. The highest BCUT2D eigenvalue weighted by molar-refractivity contribution is 7.99. The Morgan fingerprint density at radius 1 is 1.03 bits per heavy atom. The fraction of sp³-hybridized carbons (Fsp3) is 0.462. The summed E-state index contributed by atoms with van der Waals surface area (Å²) in [5.74, 6) is 1.81. The monoisotopic (exact) mass is 438 g/mol. The predicted molar refractivity (Wildman–Crippen MR) is 131 cm³/mol. The number of fused-ring (bicyclic) bond motifs is 1. The Morgan fingerprint density at radius 2 is 1.74 bits per heavy atom. The third-order valence-electron chi connectivity index (χ3n) is 5.43. The summed E-state index contributed by atoms with van der Waals surface area (Å²) in [6.07, 6.45) is 3.49. The molecule has 1 amide bonds. The van der Waals surface area contributed by atoms with Gasteiger partial charge in [-0.3, -0.25) is 4.79 Å². The van der Waals surface area contributed by atoms with E-state index < -0.39 is 0 Å². The van der Waals surface area contributed by atoms with Crippen LogP contribution in [0.15, 0.2) is 46.0 Å². The molecule has 4 nitrogen and oxygen atoms in total. The SMILES string of the molecule is Cc1ccc2oc(SCCCCCC(=O)Nc3c(C(C)C)cccc3C(C)C)nc2c1. The first kappa shape index (κ1) is 23.4. The zero-order valence-corrected chi connectivity index (χ0v) is 20.1. The van der Waals surface area contributed by atoms with Crippen LogP contribution < -0.4 is 5.32 Å². The Morgan fingerprint density at radius 3 is 2.42 bits per heavy atom. The van der Waals surface area contributed by atoms with E-state index in [0.717, 1.165) is 47.0 Å². The average Bonchev–Trinajstić information content (AvgIpc) is 3.12.